The van der Waals surface area contributed by atoms with E-state index in [9.17, 15) is 9.18 Å². The molecule has 3 aromatic rings. The van der Waals surface area contributed by atoms with Crippen molar-refractivity contribution in [3.05, 3.63) is 53.2 Å². The molecule has 0 bridgehead atoms. The van der Waals surface area contributed by atoms with Crippen LogP contribution in [0, 0.1) is 5.82 Å². The summed E-state index contributed by atoms with van der Waals surface area (Å²) in [7, 11) is 1.31. The smallest absolute Gasteiger partial charge is 0.350 e. The first-order valence-corrected chi connectivity index (χ1v) is 7.08. The standard InChI is InChI=1S/C16H12FNO2S/c1-20-16(19)15-13(18)8-14(21-15)11-6-7-12(17)10-5-3-2-4-9(10)11/h2-8H,18H2,1H3. The van der Waals surface area contributed by atoms with Crippen LogP contribution in [0.5, 0.6) is 0 Å². The number of hydrogen-bond acceptors (Lipinski definition) is 4. The average molecular weight is 301 g/mol. The van der Waals surface area contributed by atoms with Crippen LogP contribution in [0.15, 0.2) is 42.5 Å². The van der Waals surface area contributed by atoms with Gasteiger partial charge in [-0.2, -0.15) is 0 Å². The van der Waals surface area contributed by atoms with E-state index in [4.69, 9.17) is 10.5 Å². The molecule has 1 heterocycles. The van der Waals surface area contributed by atoms with Crippen LogP contribution in [0.1, 0.15) is 9.67 Å². The van der Waals surface area contributed by atoms with Crippen molar-refractivity contribution in [2.75, 3.05) is 12.8 Å². The van der Waals surface area contributed by atoms with Crippen LogP contribution in [-0.4, -0.2) is 13.1 Å². The number of fused-ring (bicyclic) bond motifs is 1. The highest BCUT2D eigenvalue weighted by Gasteiger charge is 2.17. The molecule has 0 atom stereocenters. The largest absolute Gasteiger partial charge is 0.465 e. The monoisotopic (exact) mass is 301 g/mol. The highest BCUT2D eigenvalue weighted by Crippen LogP contribution is 2.37. The van der Waals surface area contributed by atoms with E-state index in [1.165, 1.54) is 24.5 Å². The van der Waals surface area contributed by atoms with Crippen LogP contribution in [0.4, 0.5) is 10.1 Å². The normalized spacial score (nSPS) is 10.8. The third-order valence-electron chi connectivity index (χ3n) is 3.27. The zero-order chi connectivity index (χ0) is 15.0. The number of carbonyl (C=O) groups is 1. The predicted molar refractivity (Wildman–Crippen MR) is 83.0 cm³/mol. The van der Waals surface area contributed by atoms with Gasteiger partial charge in [0.05, 0.1) is 12.8 Å². The SMILES string of the molecule is COC(=O)c1sc(-c2ccc(F)c3ccccc23)cc1N. The molecule has 5 heteroatoms. The zero-order valence-electron chi connectivity index (χ0n) is 11.2. The molecule has 0 unspecified atom stereocenters. The molecule has 2 N–H and O–H groups in total. The molecule has 2 aromatic carbocycles. The lowest BCUT2D eigenvalue weighted by atomic mass is 10.0. The minimum absolute atomic E-state index is 0.271. The fourth-order valence-corrected chi connectivity index (χ4v) is 3.30. The summed E-state index contributed by atoms with van der Waals surface area (Å²) in [5.41, 5.74) is 7.08. The third-order valence-corrected chi connectivity index (χ3v) is 4.43. The van der Waals surface area contributed by atoms with Gasteiger partial charge in [0, 0.05) is 10.3 Å². The molecule has 21 heavy (non-hydrogen) atoms. The van der Waals surface area contributed by atoms with Gasteiger partial charge in [-0.25, -0.2) is 9.18 Å². The molecule has 0 spiro atoms. The first-order valence-electron chi connectivity index (χ1n) is 6.27. The Bertz CT molecular complexity index is 841. The van der Waals surface area contributed by atoms with Crippen LogP contribution in [-0.2, 0) is 4.74 Å². The van der Waals surface area contributed by atoms with Gasteiger partial charge in [0.1, 0.15) is 10.7 Å². The minimum atomic E-state index is -0.463. The molecule has 0 fully saturated rings. The Hall–Kier alpha value is -2.40. The van der Waals surface area contributed by atoms with Gasteiger partial charge in [0.25, 0.3) is 0 Å². The third kappa shape index (κ3) is 2.25. The number of rotatable bonds is 2. The number of methoxy groups -OCH3 is 1. The summed E-state index contributed by atoms with van der Waals surface area (Å²) in [4.78, 5) is 12.8. The molecule has 0 aliphatic rings. The summed E-state index contributed by atoms with van der Waals surface area (Å²) in [5, 5.41) is 1.33. The Morgan fingerprint density at radius 2 is 1.90 bits per heavy atom. The first-order chi connectivity index (χ1) is 10.1. The Morgan fingerprint density at radius 3 is 2.62 bits per heavy atom. The van der Waals surface area contributed by atoms with Gasteiger partial charge in [-0.05, 0) is 23.1 Å². The molecule has 1 aromatic heterocycles. The fourth-order valence-electron chi connectivity index (χ4n) is 2.27. The molecule has 0 radical (unpaired) electrons. The molecule has 0 saturated heterocycles. The van der Waals surface area contributed by atoms with E-state index in [2.05, 4.69) is 0 Å². The Kier molecular flexibility index (Phi) is 3.35. The van der Waals surface area contributed by atoms with Gasteiger partial charge in [-0.1, -0.05) is 30.3 Å². The van der Waals surface area contributed by atoms with E-state index in [-0.39, 0.29) is 5.82 Å². The molecule has 0 aliphatic heterocycles. The van der Waals surface area contributed by atoms with Gasteiger partial charge >= 0.3 is 5.97 Å². The molecule has 3 rings (SSSR count). The summed E-state index contributed by atoms with van der Waals surface area (Å²) >= 11 is 1.24. The van der Waals surface area contributed by atoms with Crippen molar-refractivity contribution in [2.24, 2.45) is 0 Å². The molecule has 106 valence electrons. The van der Waals surface area contributed by atoms with Crippen molar-refractivity contribution >= 4 is 33.8 Å². The van der Waals surface area contributed by atoms with Crippen molar-refractivity contribution in [2.45, 2.75) is 0 Å². The van der Waals surface area contributed by atoms with Gasteiger partial charge < -0.3 is 10.5 Å². The fraction of sp³-hybridized carbons (Fsp3) is 0.0625. The summed E-state index contributed by atoms with van der Waals surface area (Å²) in [6.45, 7) is 0. The van der Waals surface area contributed by atoms with Crippen molar-refractivity contribution in [3.8, 4) is 10.4 Å². The van der Waals surface area contributed by atoms with Crippen molar-refractivity contribution < 1.29 is 13.9 Å². The van der Waals surface area contributed by atoms with E-state index < -0.39 is 5.97 Å². The summed E-state index contributed by atoms with van der Waals surface area (Å²) < 4.78 is 18.6. The number of anilines is 1. The second-order valence-electron chi connectivity index (χ2n) is 4.53. The van der Waals surface area contributed by atoms with Gasteiger partial charge in [0.15, 0.2) is 0 Å². The van der Waals surface area contributed by atoms with Crippen molar-refractivity contribution in [1.29, 1.82) is 0 Å². The highest BCUT2D eigenvalue weighted by atomic mass is 32.1. The average Bonchev–Trinajstić information content (AvgIpc) is 2.89. The number of benzene rings is 2. The number of thiophene rings is 1. The quantitative estimate of drug-likeness (QED) is 0.726. The Balaban J connectivity index is 2.22. The summed E-state index contributed by atoms with van der Waals surface area (Å²) in [6, 6.07) is 12.1. The lowest BCUT2D eigenvalue weighted by Gasteiger charge is -2.05. The van der Waals surface area contributed by atoms with Crippen molar-refractivity contribution in [1.82, 2.24) is 0 Å². The molecular weight excluding hydrogens is 289 g/mol. The van der Waals surface area contributed by atoms with Crippen molar-refractivity contribution in [3.63, 3.8) is 0 Å². The number of esters is 1. The van der Waals surface area contributed by atoms with Crippen LogP contribution < -0.4 is 5.73 Å². The summed E-state index contributed by atoms with van der Waals surface area (Å²) in [5.74, 6) is -0.734. The summed E-state index contributed by atoms with van der Waals surface area (Å²) in [6.07, 6.45) is 0. The molecular formula is C16H12FNO2S. The Morgan fingerprint density at radius 1 is 1.19 bits per heavy atom. The maximum atomic E-state index is 13.9. The van der Waals surface area contributed by atoms with E-state index in [1.807, 2.05) is 12.1 Å². The van der Waals surface area contributed by atoms with Crippen LogP contribution in [0.25, 0.3) is 21.2 Å². The number of nitrogen functional groups attached to an aromatic ring is 1. The van der Waals surface area contributed by atoms with Crippen LogP contribution in [0.3, 0.4) is 0 Å². The molecule has 0 amide bonds. The number of hydrogen-bond donors (Lipinski definition) is 1. The second-order valence-corrected chi connectivity index (χ2v) is 5.58. The molecule has 0 saturated carbocycles. The van der Waals surface area contributed by atoms with Gasteiger partial charge in [-0.3, -0.25) is 0 Å². The van der Waals surface area contributed by atoms with E-state index in [0.29, 0.717) is 16.0 Å². The second kappa shape index (κ2) is 5.18. The topological polar surface area (TPSA) is 52.3 Å². The Labute approximate surface area is 124 Å². The number of ether oxygens (including phenoxy) is 1. The molecule has 3 nitrogen and oxygen atoms in total. The first kappa shape index (κ1) is 13.6. The van der Waals surface area contributed by atoms with E-state index in [1.54, 1.807) is 24.3 Å². The number of carbonyl (C=O) groups excluding carboxylic acids is 1. The number of nitrogens with two attached hydrogens (primary N) is 1. The highest BCUT2D eigenvalue weighted by molar-refractivity contribution is 7.18. The van der Waals surface area contributed by atoms with Gasteiger partial charge in [0.2, 0.25) is 0 Å². The van der Waals surface area contributed by atoms with Crippen LogP contribution in [0.2, 0.25) is 0 Å². The zero-order valence-corrected chi connectivity index (χ0v) is 12.0. The predicted octanol–water partition coefficient (Wildman–Crippen LogP) is 4.08. The van der Waals surface area contributed by atoms with E-state index >= 15 is 0 Å². The van der Waals surface area contributed by atoms with Crippen LogP contribution >= 0.6 is 11.3 Å². The molecule has 0 aliphatic carbocycles. The van der Waals surface area contributed by atoms with E-state index in [0.717, 1.165) is 15.8 Å². The number of halogens is 1. The lowest BCUT2D eigenvalue weighted by molar-refractivity contribution is 0.0607. The maximum Gasteiger partial charge on any atom is 0.350 e. The lowest BCUT2D eigenvalue weighted by Crippen LogP contribution is -2.00. The van der Waals surface area contributed by atoms with Gasteiger partial charge in [-0.15, -0.1) is 11.3 Å². The minimum Gasteiger partial charge on any atom is -0.465 e. The maximum absolute atomic E-state index is 13.9.